The molecule has 0 saturated carbocycles. The van der Waals surface area contributed by atoms with E-state index in [0.717, 1.165) is 4.90 Å². The van der Waals surface area contributed by atoms with Crippen LogP contribution in [-0.4, -0.2) is 39.7 Å². The Labute approximate surface area is 135 Å². The van der Waals surface area contributed by atoms with E-state index in [1.807, 2.05) is 0 Å². The molecule has 0 atom stereocenters. The molecular weight excluding hydrogens is 341 g/mol. The van der Waals surface area contributed by atoms with Gasteiger partial charge in [-0.25, -0.2) is 4.98 Å². The zero-order valence-corrected chi connectivity index (χ0v) is 13.3. The van der Waals surface area contributed by atoms with Gasteiger partial charge < -0.3 is 4.90 Å². The number of hydrogen-bond acceptors (Lipinski definition) is 4. The maximum atomic E-state index is 12.5. The molecule has 0 bridgehead atoms. The van der Waals surface area contributed by atoms with E-state index >= 15 is 0 Å². The summed E-state index contributed by atoms with van der Waals surface area (Å²) in [6.45, 7) is 2.74. The Morgan fingerprint density at radius 2 is 1.90 bits per heavy atom. The Bertz CT molecular complexity index is 661. The molecule has 2 heterocycles. The van der Waals surface area contributed by atoms with E-state index in [1.165, 1.54) is 20.0 Å². The van der Waals surface area contributed by atoms with Gasteiger partial charge in [0.2, 0.25) is 5.91 Å². The second-order valence-electron chi connectivity index (χ2n) is 4.91. The van der Waals surface area contributed by atoms with Crippen LogP contribution in [0.1, 0.15) is 24.3 Å². The van der Waals surface area contributed by atoms with Gasteiger partial charge >= 0.3 is 0 Å². The monoisotopic (exact) mass is 349 g/mol. The van der Waals surface area contributed by atoms with Crippen molar-refractivity contribution in [3.63, 3.8) is 0 Å². The summed E-state index contributed by atoms with van der Waals surface area (Å²) in [5.41, 5.74) is -1.39. The Hall–Kier alpha value is -1.37. The first-order chi connectivity index (χ1) is 9.66. The van der Waals surface area contributed by atoms with Crippen LogP contribution < -0.4 is 5.32 Å². The maximum Gasteiger partial charge on any atom is 0.275 e. The number of piperazine rings is 1. The first-order valence-corrected chi connectivity index (χ1v) is 6.95. The van der Waals surface area contributed by atoms with Crippen molar-refractivity contribution in [2.75, 3.05) is 6.54 Å². The van der Waals surface area contributed by atoms with Gasteiger partial charge in [-0.05, 0) is 13.8 Å². The molecule has 0 aliphatic carbocycles. The third-order valence-corrected chi connectivity index (χ3v) is 4.39. The Kier molecular flexibility index (Phi) is 4.15. The molecule has 1 saturated heterocycles. The number of imide groups is 1. The summed E-state index contributed by atoms with van der Waals surface area (Å²) in [5, 5.41) is 2.14. The fourth-order valence-electron chi connectivity index (χ4n) is 1.83. The average molecular weight is 351 g/mol. The number of nitrogens with zero attached hydrogens (tertiary/aromatic N) is 2. The molecule has 1 fully saturated rings. The smallest absolute Gasteiger partial charge is 0.275 e. The number of carbonyl (C=O) groups is 3. The van der Waals surface area contributed by atoms with Gasteiger partial charge in [-0.3, -0.25) is 19.7 Å². The average Bonchev–Trinajstić information content (AvgIpc) is 2.40. The molecule has 0 spiro atoms. The van der Waals surface area contributed by atoms with Crippen molar-refractivity contribution in [2.45, 2.75) is 19.4 Å². The molecule has 1 aromatic rings. The van der Waals surface area contributed by atoms with E-state index in [9.17, 15) is 14.4 Å². The highest BCUT2D eigenvalue weighted by atomic mass is 35.5. The van der Waals surface area contributed by atoms with Crippen LogP contribution in [0.25, 0.3) is 0 Å². The molecular formula is C12H10Cl3N3O3. The van der Waals surface area contributed by atoms with Crippen molar-refractivity contribution in [3.8, 4) is 0 Å². The number of carbonyl (C=O) groups excluding carboxylic acids is 3. The van der Waals surface area contributed by atoms with Crippen molar-refractivity contribution in [1.29, 1.82) is 0 Å². The van der Waals surface area contributed by atoms with E-state index in [0.29, 0.717) is 0 Å². The molecule has 21 heavy (non-hydrogen) atoms. The molecule has 1 N–H and O–H groups in total. The van der Waals surface area contributed by atoms with E-state index < -0.39 is 23.3 Å². The molecule has 1 aromatic heterocycles. The van der Waals surface area contributed by atoms with Crippen LogP contribution in [0.2, 0.25) is 15.1 Å². The Morgan fingerprint density at radius 1 is 1.29 bits per heavy atom. The first-order valence-electron chi connectivity index (χ1n) is 5.82. The third kappa shape index (κ3) is 2.71. The van der Waals surface area contributed by atoms with Gasteiger partial charge in [0, 0.05) is 6.20 Å². The summed E-state index contributed by atoms with van der Waals surface area (Å²) in [5.74, 6) is -1.83. The second kappa shape index (κ2) is 5.44. The van der Waals surface area contributed by atoms with Crippen molar-refractivity contribution in [2.24, 2.45) is 0 Å². The molecule has 112 valence electrons. The number of amides is 3. The number of hydrogen-bond donors (Lipinski definition) is 1. The fourth-order valence-corrected chi connectivity index (χ4v) is 2.39. The molecule has 0 radical (unpaired) electrons. The zero-order valence-electron chi connectivity index (χ0n) is 11.0. The molecule has 0 aromatic carbocycles. The lowest BCUT2D eigenvalue weighted by Crippen LogP contribution is -2.65. The van der Waals surface area contributed by atoms with Crippen LogP contribution >= 0.6 is 34.8 Å². The number of pyridine rings is 1. The van der Waals surface area contributed by atoms with E-state index in [1.54, 1.807) is 0 Å². The summed E-state index contributed by atoms with van der Waals surface area (Å²) < 4.78 is 0. The maximum absolute atomic E-state index is 12.5. The Balaban J connectivity index is 2.46. The van der Waals surface area contributed by atoms with Gasteiger partial charge in [0.25, 0.3) is 11.8 Å². The number of rotatable bonds is 1. The molecule has 6 nitrogen and oxygen atoms in total. The summed E-state index contributed by atoms with van der Waals surface area (Å²) in [6.07, 6.45) is 1.18. The quantitative estimate of drug-likeness (QED) is 0.785. The van der Waals surface area contributed by atoms with Gasteiger partial charge in [0.05, 0.1) is 15.1 Å². The van der Waals surface area contributed by atoms with Crippen LogP contribution in [0, 0.1) is 0 Å². The lowest BCUT2D eigenvalue weighted by Gasteiger charge is -2.39. The molecule has 1 aliphatic rings. The highest BCUT2D eigenvalue weighted by Gasteiger charge is 2.44. The van der Waals surface area contributed by atoms with Crippen molar-refractivity contribution in [1.82, 2.24) is 15.2 Å². The predicted octanol–water partition coefficient (Wildman–Crippen LogP) is 1.92. The van der Waals surface area contributed by atoms with Crippen LogP contribution in [0.4, 0.5) is 0 Å². The van der Waals surface area contributed by atoms with Gasteiger partial charge in [-0.15, -0.1) is 0 Å². The highest BCUT2D eigenvalue weighted by Crippen LogP contribution is 2.32. The Morgan fingerprint density at radius 3 is 2.52 bits per heavy atom. The minimum Gasteiger partial charge on any atom is -0.314 e. The van der Waals surface area contributed by atoms with Crippen LogP contribution in [-0.2, 0) is 9.59 Å². The summed E-state index contributed by atoms with van der Waals surface area (Å²) in [6, 6.07) is 0. The SMILES string of the molecule is CC1(C)C(=O)NC(=O)CN1C(=O)c1ncc(Cl)c(Cl)c1Cl. The third-order valence-electron chi connectivity index (χ3n) is 3.15. The second-order valence-corrected chi connectivity index (χ2v) is 6.07. The topological polar surface area (TPSA) is 79.4 Å². The summed E-state index contributed by atoms with van der Waals surface area (Å²) in [7, 11) is 0. The van der Waals surface area contributed by atoms with Gasteiger partial charge in [-0.1, -0.05) is 34.8 Å². The first kappa shape index (κ1) is 16.0. The number of aromatic nitrogens is 1. The van der Waals surface area contributed by atoms with Gasteiger partial charge in [-0.2, -0.15) is 0 Å². The molecule has 3 amide bonds. The lowest BCUT2D eigenvalue weighted by molar-refractivity contribution is -0.143. The van der Waals surface area contributed by atoms with Crippen LogP contribution in [0.5, 0.6) is 0 Å². The van der Waals surface area contributed by atoms with Gasteiger partial charge in [0.1, 0.15) is 17.8 Å². The number of nitrogens with one attached hydrogen (secondary N) is 1. The molecule has 2 rings (SSSR count). The van der Waals surface area contributed by atoms with Crippen molar-refractivity contribution in [3.05, 3.63) is 27.0 Å². The minimum absolute atomic E-state index is 0.0118. The van der Waals surface area contributed by atoms with Crippen LogP contribution in [0.3, 0.4) is 0 Å². The zero-order chi connectivity index (χ0) is 15.9. The standard InChI is InChI=1S/C12H10Cl3N3O3/c1-12(2)11(21)17-6(19)4-18(12)10(20)9-8(15)7(14)5(13)3-16-9/h3H,4H2,1-2H3,(H,17,19,21). The van der Waals surface area contributed by atoms with Crippen LogP contribution in [0.15, 0.2) is 6.20 Å². The number of halogens is 3. The predicted molar refractivity (Wildman–Crippen MR) is 77.5 cm³/mol. The van der Waals surface area contributed by atoms with Crippen molar-refractivity contribution >= 4 is 52.5 Å². The molecule has 9 heteroatoms. The minimum atomic E-state index is -1.22. The normalized spacial score (nSPS) is 17.7. The van der Waals surface area contributed by atoms with Gasteiger partial charge in [0.15, 0.2) is 0 Å². The molecule has 1 aliphatic heterocycles. The summed E-state index contributed by atoms with van der Waals surface area (Å²) >= 11 is 17.6. The largest absolute Gasteiger partial charge is 0.314 e. The highest BCUT2D eigenvalue weighted by molar-refractivity contribution is 6.48. The lowest BCUT2D eigenvalue weighted by atomic mass is 9.98. The van der Waals surface area contributed by atoms with Crippen molar-refractivity contribution < 1.29 is 14.4 Å². The van der Waals surface area contributed by atoms with E-state index in [4.69, 9.17) is 34.8 Å². The van der Waals surface area contributed by atoms with E-state index in [2.05, 4.69) is 10.3 Å². The molecule has 0 unspecified atom stereocenters. The fraction of sp³-hybridized carbons (Fsp3) is 0.333. The van der Waals surface area contributed by atoms with E-state index in [-0.39, 0.29) is 27.3 Å². The summed E-state index contributed by atoms with van der Waals surface area (Å²) in [4.78, 5) is 40.8.